The van der Waals surface area contributed by atoms with Gasteiger partial charge in [-0.1, -0.05) is 36.0 Å². The molecule has 0 amide bonds. The van der Waals surface area contributed by atoms with Crippen LogP contribution < -0.4 is 0 Å². The molecule has 1 nitrogen and oxygen atoms in total. The van der Waals surface area contributed by atoms with Crippen LogP contribution in [0.3, 0.4) is 0 Å². The van der Waals surface area contributed by atoms with Gasteiger partial charge in [0.2, 0.25) is 0 Å². The standard InChI is InChI=1S/C12H12OS2/c1-9(13)10-5-2-3-6-11(10)15-12-7-4-8-14-12/h2-9,13H,1H3/t9-/m0/s1. The predicted molar refractivity (Wildman–Crippen MR) is 65.5 cm³/mol. The molecule has 0 bridgehead atoms. The first-order valence-electron chi connectivity index (χ1n) is 4.75. The first-order valence-corrected chi connectivity index (χ1v) is 6.45. The summed E-state index contributed by atoms with van der Waals surface area (Å²) in [5.74, 6) is 0. The highest BCUT2D eigenvalue weighted by Crippen LogP contribution is 2.35. The van der Waals surface area contributed by atoms with E-state index in [1.165, 1.54) is 4.21 Å². The highest BCUT2D eigenvalue weighted by molar-refractivity contribution is 8.01. The lowest BCUT2D eigenvalue weighted by Gasteiger charge is -2.09. The van der Waals surface area contributed by atoms with E-state index in [1.807, 2.05) is 30.3 Å². The molecule has 0 radical (unpaired) electrons. The van der Waals surface area contributed by atoms with Crippen molar-refractivity contribution in [2.24, 2.45) is 0 Å². The Balaban J connectivity index is 2.28. The summed E-state index contributed by atoms with van der Waals surface area (Å²) in [6.07, 6.45) is -0.409. The summed E-state index contributed by atoms with van der Waals surface area (Å²) in [5, 5.41) is 11.7. The molecule has 2 rings (SSSR count). The lowest BCUT2D eigenvalue weighted by molar-refractivity contribution is 0.196. The zero-order valence-corrected chi connectivity index (χ0v) is 10.0. The van der Waals surface area contributed by atoms with Gasteiger partial charge in [0.05, 0.1) is 10.3 Å². The lowest BCUT2D eigenvalue weighted by Crippen LogP contribution is -1.92. The van der Waals surface area contributed by atoms with Crippen molar-refractivity contribution in [3.05, 3.63) is 47.3 Å². The van der Waals surface area contributed by atoms with E-state index in [9.17, 15) is 5.11 Å². The Bertz CT molecular complexity index is 421. The van der Waals surface area contributed by atoms with Gasteiger partial charge in [0.1, 0.15) is 0 Å². The van der Waals surface area contributed by atoms with Gasteiger partial charge in [-0.2, -0.15) is 0 Å². The van der Waals surface area contributed by atoms with Crippen LogP contribution in [0, 0.1) is 0 Å². The molecule has 0 spiro atoms. The second kappa shape index (κ2) is 4.84. The zero-order valence-electron chi connectivity index (χ0n) is 8.38. The van der Waals surface area contributed by atoms with Crippen molar-refractivity contribution in [1.82, 2.24) is 0 Å². The Morgan fingerprint density at radius 3 is 2.67 bits per heavy atom. The molecule has 2 aromatic rings. The maximum absolute atomic E-state index is 9.62. The highest BCUT2D eigenvalue weighted by atomic mass is 32.2. The maximum Gasteiger partial charge on any atom is 0.0772 e. The monoisotopic (exact) mass is 236 g/mol. The summed E-state index contributed by atoms with van der Waals surface area (Å²) in [6, 6.07) is 12.1. The summed E-state index contributed by atoms with van der Waals surface area (Å²) in [7, 11) is 0. The van der Waals surface area contributed by atoms with E-state index >= 15 is 0 Å². The molecule has 78 valence electrons. The molecule has 1 aromatic heterocycles. The van der Waals surface area contributed by atoms with Crippen molar-refractivity contribution in [2.45, 2.75) is 22.1 Å². The van der Waals surface area contributed by atoms with Gasteiger partial charge >= 0.3 is 0 Å². The predicted octanol–water partition coefficient (Wildman–Crippen LogP) is 3.95. The second-order valence-corrected chi connectivity index (χ2v) is 5.54. The van der Waals surface area contributed by atoms with E-state index in [-0.39, 0.29) is 0 Å². The van der Waals surface area contributed by atoms with Crippen LogP contribution in [0.4, 0.5) is 0 Å². The molecule has 0 aliphatic heterocycles. The Morgan fingerprint density at radius 2 is 2.00 bits per heavy atom. The number of thiophene rings is 1. The summed E-state index contributed by atoms with van der Waals surface area (Å²) in [4.78, 5) is 1.13. The third kappa shape index (κ3) is 2.62. The molecule has 0 saturated heterocycles. The lowest BCUT2D eigenvalue weighted by atomic mass is 10.1. The van der Waals surface area contributed by atoms with Gasteiger partial charge < -0.3 is 5.11 Å². The first-order chi connectivity index (χ1) is 7.27. The van der Waals surface area contributed by atoms with Crippen LogP contribution in [-0.2, 0) is 0 Å². The molecule has 1 aromatic carbocycles. The largest absolute Gasteiger partial charge is 0.389 e. The summed E-state index contributed by atoms with van der Waals surface area (Å²) in [5.41, 5.74) is 0.996. The fraction of sp³-hybridized carbons (Fsp3) is 0.167. The van der Waals surface area contributed by atoms with Gasteiger partial charge in [-0.3, -0.25) is 0 Å². The van der Waals surface area contributed by atoms with Crippen LogP contribution in [0.1, 0.15) is 18.6 Å². The third-order valence-electron chi connectivity index (χ3n) is 2.07. The molecule has 0 unspecified atom stereocenters. The fourth-order valence-corrected chi connectivity index (χ4v) is 3.29. The van der Waals surface area contributed by atoms with Crippen LogP contribution in [0.2, 0.25) is 0 Å². The first kappa shape index (κ1) is 10.7. The second-order valence-electron chi connectivity index (χ2n) is 3.25. The van der Waals surface area contributed by atoms with Crippen LogP contribution in [0.5, 0.6) is 0 Å². The molecule has 15 heavy (non-hydrogen) atoms. The zero-order chi connectivity index (χ0) is 10.7. The van der Waals surface area contributed by atoms with Gasteiger partial charge in [0.25, 0.3) is 0 Å². The van der Waals surface area contributed by atoms with Crippen molar-refractivity contribution in [3.63, 3.8) is 0 Å². The number of aliphatic hydroxyl groups is 1. The van der Waals surface area contributed by atoms with Gasteiger partial charge in [-0.25, -0.2) is 0 Å². The highest BCUT2D eigenvalue weighted by Gasteiger charge is 2.08. The SMILES string of the molecule is C[C@H](O)c1ccccc1Sc1cccs1. The normalized spacial score (nSPS) is 12.7. The minimum atomic E-state index is -0.409. The fourth-order valence-electron chi connectivity index (χ4n) is 1.35. The van der Waals surface area contributed by atoms with E-state index in [2.05, 4.69) is 11.4 Å². The van der Waals surface area contributed by atoms with Crippen LogP contribution in [0.15, 0.2) is 50.9 Å². The average Bonchev–Trinajstić information content (AvgIpc) is 2.71. The van der Waals surface area contributed by atoms with Crippen molar-refractivity contribution >= 4 is 23.1 Å². The van der Waals surface area contributed by atoms with Gasteiger partial charge in [-0.15, -0.1) is 11.3 Å². The maximum atomic E-state index is 9.62. The van der Waals surface area contributed by atoms with Crippen molar-refractivity contribution in [1.29, 1.82) is 0 Å². The van der Waals surface area contributed by atoms with Crippen LogP contribution in [0.25, 0.3) is 0 Å². The van der Waals surface area contributed by atoms with Crippen LogP contribution in [-0.4, -0.2) is 5.11 Å². The van der Waals surface area contributed by atoms with Crippen LogP contribution >= 0.6 is 23.1 Å². The van der Waals surface area contributed by atoms with E-state index in [0.717, 1.165) is 10.5 Å². The Hall–Kier alpha value is -0.770. The minimum Gasteiger partial charge on any atom is -0.389 e. The molecular formula is C12H12OS2. The van der Waals surface area contributed by atoms with Gasteiger partial charge in [-0.05, 0) is 30.0 Å². The summed E-state index contributed by atoms with van der Waals surface area (Å²) < 4.78 is 1.25. The van der Waals surface area contributed by atoms with Crippen molar-refractivity contribution < 1.29 is 5.11 Å². The van der Waals surface area contributed by atoms with E-state index < -0.39 is 6.10 Å². The van der Waals surface area contributed by atoms with Gasteiger partial charge in [0.15, 0.2) is 0 Å². The summed E-state index contributed by atoms with van der Waals surface area (Å²) >= 11 is 3.43. The van der Waals surface area contributed by atoms with E-state index in [4.69, 9.17) is 0 Å². The molecule has 1 atom stereocenters. The summed E-state index contributed by atoms with van der Waals surface area (Å²) in [6.45, 7) is 1.80. The van der Waals surface area contributed by atoms with E-state index in [0.29, 0.717) is 0 Å². The number of hydrogen-bond donors (Lipinski definition) is 1. The number of rotatable bonds is 3. The third-order valence-corrected chi connectivity index (χ3v) is 4.20. The molecule has 1 N–H and O–H groups in total. The number of hydrogen-bond acceptors (Lipinski definition) is 3. The molecular weight excluding hydrogens is 224 g/mol. The molecule has 3 heteroatoms. The molecule has 0 aliphatic rings. The number of aliphatic hydroxyl groups excluding tert-OH is 1. The Labute approximate surface area is 97.8 Å². The molecule has 1 heterocycles. The topological polar surface area (TPSA) is 20.2 Å². The molecule has 0 aliphatic carbocycles. The van der Waals surface area contributed by atoms with Gasteiger partial charge in [0, 0.05) is 4.90 Å². The average molecular weight is 236 g/mol. The smallest absolute Gasteiger partial charge is 0.0772 e. The van der Waals surface area contributed by atoms with Crippen molar-refractivity contribution in [3.8, 4) is 0 Å². The Kier molecular flexibility index (Phi) is 3.46. The van der Waals surface area contributed by atoms with E-state index in [1.54, 1.807) is 30.0 Å². The molecule has 0 saturated carbocycles. The quantitative estimate of drug-likeness (QED) is 0.870. The minimum absolute atomic E-state index is 0.409. The molecule has 0 fully saturated rings. The number of benzene rings is 1. The van der Waals surface area contributed by atoms with Crippen molar-refractivity contribution in [2.75, 3.05) is 0 Å². The Morgan fingerprint density at radius 1 is 1.20 bits per heavy atom.